The lowest BCUT2D eigenvalue weighted by Crippen LogP contribution is -2.40. The third-order valence-corrected chi connectivity index (χ3v) is 3.38. The smallest absolute Gasteiger partial charge is 0.120 e. The molecule has 0 amide bonds. The van der Waals surface area contributed by atoms with Crippen LogP contribution in [0.4, 0.5) is 0 Å². The van der Waals surface area contributed by atoms with E-state index in [0.29, 0.717) is 13.2 Å². The number of aliphatic hydroxyl groups excluding tert-OH is 1. The van der Waals surface area contributed by atoms with E-state index in [1.165, 1.54) is 0 Å². The van der Waals surface area contributed by atoms with Gasteiger partial charge in [0.25, 0.3) is 0 Å². The molecule has 0 bridgehead atoms. The quantitative estimate of drug-likeness (QED) is 0.684. The molecule has 1 aromatic carbocycles. The summed E-state index contributed by atoms with van der Waals surface area (Å²) in [5.74, 6) is 0.750. The number of rotatable bonds is 10. The Kier molecular flexibility index (Phi) is 8.85. The Morgan fingerprint density at radius 3 is 2.80 bits per heavy atom. The highest BCUT2D eigenvalue weighted by atomic mass is 79.9. The van der Waals surface area contributed by atoms with Crippen LogP contribution in [-0.4, -0.2) is 44.1 Å². The molecule has 4 nitrogen and oxygen atoms in total. The average Bonchev–Trinajstić information content (AvgIpc) is 2.43. The highest BCUT2D eigenvalue weighted by molar-refractivity contribution is 9.10. The van der Waals surface area contributed by atoms with Crippen molar-refractivity contribution in [1.29, 1.82) is 0 Å². The molecule has 0 aromatic heterocycles. The van der Waals surface area contributed by atoms with Gasteiger partial charge in [-0.15, -0.1) is 0 Å². The lowest BCUT2D eigenvalue weighted by atomic mass is 10.2. The lowest BCUT2D eigenvalue weighted by molar-refractivity contribution is 0.0946. The van der Waals surface area contributed by atoms with Crippen molar-refractivity contribution in [3.8, 4) is 5.75 Å². The lowest BCUT2D eigenvalue weighted by Gasteiger charge is -2.20. The molecule has 0 radical (unpaired) electrons. The molecule has 0 aliphatic rings. The standard InChI is InChI=1S/C15H24BrNO3/c1-3-5-13(10-19-2)17-9-14(18)11-20-15-7-4-6-12(16)8-15/h4,6-8,13-14,17-18H,3,5,9-11H2,1-2H3. The first-order valence-electron chi connectivity index (χ1n) is 6.94. The molecule has 114 valence electrons. The van der Waals surface area contributed by atoms with E-state index >= 15 is 0 Å². The van der Waals surface area contributed by atoms with Gasteiger partial charge in [-0.3, -0.25) is 0 Å². The second-order valence-corrected chi connectivity index (χ2v) is 5.69. The molecule has 0 saturated heterocycles. The summed E-state index contributed by atoms with van der Waals surface area (Å²) in [4.78, 5) is 0. The summed E-state index contributed by atoms with van der Waals surface area (Å²) >= 11 is 3.38. The molecule has 1 rings (SSSR count). The van der Waals surface area contributed by atoms with Crippen molar-refractivity contribution in [3.05, 3.63) is 28.7 Å². The minimum absolute atomic E-state index is 0.273. The first-order valence-corrected chi connectivity index (χ1v) is 7.73. The molecular weight excluding hydrogens is 322 g/mol. The van der Waals surface area contributed by atoms with Crippen molar-refractivity contribution >= 4 is 15.9 Å². The summed E-state index contributed by atoms with van der Waals surface area (Å²) < 4.78 is 11.7. The Bertz CT molecular complexity index is 370. The number of benzene rings is 1. The van der Waals surface area contributed by atoms with Gasteiger partial charge in [0.05, 0.1) is 6.61 Å². The van der Waals surface area contributed by atoms with Gasteiger partial charge in [-0.2, -0.15) is 0 Å². The minimum Gasteiger partial charge on any atom is -0.491 e. The number of aliphatic hydroxyl groups is 1. The zero-order valence-corrected chi connectivity index (χ0v) is 13.7. The van der Waals surface area contributed by atoms with Crippen LogP contribution in [0.1, 0.15) is 19.8 Å². The van der Waals surface area contributed by atoms with Crippen LogP contribution in [0.5, 0.6) is 5.75 Å². The van der Waals surface area contributed by atoms with Gasteiger partial charge in [-0.05, 0) is 24.6 Å². The third-order valence-electron chi connectivity index (χ3n) is 2.89. The van der Waals surface area contributed by atoms with E-state index < -0.39 is 6.10 Å². The number of nitrogens with one attached hydrogen (secondary N) is 1. The van der Waals surface area contributed by atoms with Crippen molar-refractivity contribution in [3.63, 3.8) is 0 Å². The molecule has 20 heavy (non-hydrogen) atoms. The molecule has 0 heterocycles. The number of hydrogen-bond acceptors (Lipinski definition) is 4. The van der Waals surface area contributed by atoms with E-state index in [1.807, 2.05) is 24.3 Å². The summed E-state index contributed by atoms with van der Waals surface area (Å²) in [7, 11) is 1.69. The molecule has 0 spiro atoms. The van der Waals surface area contributed by atoms with Gasteiger partial charge in [0.1, 0.15) is 18.5 Å². The molecule has 2 unspecified atom stereocenters. The number of hydrogen-bond donors (Lipinski definition) is 2. The van der Waals surface area contributed by atoms with Gasteiger partial charge in [-0.25, -0.2) is 0 Å². The zero-order chi connectivity index (χ0) is 14.8. The highest BCUT2D eigenvalue weighted by Crippen LogP contribution is 2.17. The summed E-state index contributed by atoms with van der Waals surface area (Å²) in [6.45, 7) is 3.57. The topological polar surface area (TPSA) is 50.7 Å². The van der Waals surface area contributed by atoms with E-state index in [0.717, 1.165) is 23.1 Å². The van der Waals surface area contributed by atoms with E-state index in [4.69, 9.17) is 9.47 Å². The average molecular weight is 346 g/mol. The third kappa shape index (κ3) is 7.24. The molecule has 0 fully saturated rings. The van der Waals surface area contributed by atoms with Crippen molar-refractivity contribution in [1.82, 2.24) is 5.32 Å². The zero-order valence-electron chi connectivity index (χ0n) is 12.1. The van der Waals surface area contributed by atoms with E-state index in [2.05, 4.69) is 28.2 Å². The van der Waals surface area contributed by atoms with Crippen molar-refractivity contribution in [2.24, 2.45) is 0 Å². The van der Waals surface area contributed by atoms with Gasteiger partial charge in [-0.1, -0.05) is 35.3 Å². The van der Waals surface area contributed by atoms with Crippen LogP contribution in [0, 0.1) is 0 Å². The number of ether oxygens (including phenoxy) is 2. The first kappa shape index (κ1) is 17.4. The van der Waals surface area contributed by atoms with Crippen LogP contribution in [0.2, 0.25) is 0 Å². The monoisotopic (exact) mass is 345 g/mol. The molecule has 5 heteroatoms. The normalized spacial score (nSPS) is 14.0. The Labute approximate surface area is 129 Å². The largest absolute Gasteiger partial charge is 0.491 e. The minimum atomic E-state index is -0.537. The van der Waals surface area contributed by atoms with Crippen molar-refractivity contribution in [2.75, 3.05) is 26.9 Å². The summed E-state index contributed by atoms with van der Waals surface area (Å²) in [6.07, 6.45) is 1.59. The van der Waals surface area contributed by atoms with E-state index in [-0.39, 0.29) is 12.6 Å². The van der Waals surface area contributed by atoms with Crippen molar-refractivity contribution in [2.45, 2.75) is 31.9 Å². The van der Waals surface area contributed by atoms with E-state index in [1.54, 1.807) is 7.11 Å². The van der Waals surface area contributed by atoms with Gasteiger partial charge in [0.2, 0.25) is 0 Å². The second-order valence-electron chi connectivity index (χ2n) is 4.77. The van der Waals surface area contributed by atoms with E-state index in [9.17, 15) is 5.11 Å². The summed E-state index contributed by atoms with van der Waals surface area (Å²) in [5, 5.41) is 13.2. The number of halogens is 1. The van der Waals surface area contributed by atoms with Gasteiger partial charge < -0.3 is 19.9 Å². The van der Waals surface area contributed by atoms with Crippen LogP contribution >= 0.6 is 15.9 Å². The SMILES string of the molecule is CCCC(COC)NCC(O)COc1cccc(Br)c1. The van der Waals surface area contributed by atoms with Crippen LogP contribution in [0.15, 0.2) is 28.7 Å². The maximum absolute atomic E-state index is 9.93. The predicted molar refractivity (Wildman–Crippen MR) is 84.2 cm³/mol. The molecule has 0 aliphatic heterocycles. The summed E-state index contributed by atoms with van der Waals surface area (Å²) in [5.41, 5.74) is 0. The maximum Gasteiger partial charge on any atom is 0.120 e. The molecule has 2 atom stereocenters. The van der Waals surface area contributed by atoms with Gasteiger partial charge in [0.15, 0.2) is 0 Å². The molecule has 0 saturated carbocycles. The Balaban J connectivity index is 2.27. The maximum atomic E-state index is 9.93. The van der Waals surface area contributed by atoms with Gasteiger partial charge >= 0.3 is 0 Å². The van der Waals surface area contributed by atoms with Crippen LogP contribution in [0.25, 0.3) is 0 Å². The second kappa shape index (κ2) is 10.2. The Morgan fingerprint density at radius 1 is 1.35 bits per heavy atom. The van der Waals surface area contributed by atoms with Crippen LogP contribution < -0.4 is 10.1 Å². The number of methoxy groups -OCH3 is 1. The summed E-state index contributed by atoms with van der Waals surface area (Å²) in [6, 6.07) is 7.87. The predicted octanol–water partition coefficient (Wildman–Crippen LogP) is 2.59. The highest BCUT2D eigenvalue weighted by Gasteiger charge is 2.10. The molecular formula is C15H24BrNO3. The fraction of sp³-hybridized carbons (Fsp3) is 0.600. The Morgan fingerprint density at radius 2 is 2.15 bits per heavy atom. The van der Waals surface area contributed by atoms with Gasteiger partial charge in [0, 0.05) is 24.2 Å². The first-order chi connectivity index (χ1) is 9.65. The fourth-order valence-electron chi connectivity index (χ4n) is 1.90. The molecule has 0 aliphatic carbocycles. The van der Waals surface area contributed by atoms with Crippen LogP contribution in [-0.2, 0) is 4.74 Å². The molecule has 2 N–H and O–H groups in total. The molecule has 1 aromatic rings. The Hall–Kier alpha value is -0.620. The van der Waals surface area contributed by atoms with Crippen molar-refractivity contribution < 1.29 is 14.6 Å². The fourth-order valence-corrected chi connectivity index (χ4v) is 2.28. The van der Waals surface area contributed by atoms with Crippen LogP contribution in [0.3, 0.4) is 0 Å².